The highest BCUT2D eigenvalue weighted by Crippen LogP contribution is 2.10. The molecular weight excluding hydrogens is 364 g/mol. The molecule has 0 radical (unpaired) electrons. The highest BCUT2D eigenvalue weighted by atomic mass is 16.4. The average molecular weight is 399 g/mol. The molecule has 1 heterocycles. The summed E-state index contributed by atoms with van der Waals surface area (Å²) in [5, 5.41) is 20.2. The van der Waals surface area contributed by atoms with Gasteiger partial charge in [-0.1, -0.05) is 34.1 Å². The fraction of sp³-hybridized carbons (Fsp3) is 0.789. The Bertz CT molecular complexity index is 575. The maximum atomic E-state index is 12.6. The van der Waals surface area contributed by atoms with Gasteiger partial charge in [-0.2, -0.15) is 0 Å². The van der Waals surface area contributed by atoms with Crippen molar-refractivity contribution in [2.24, 2.45) is 11.8 Å². The first-order valence-electron chi connectivity index (χ1n) is 9.95. The fourth-order valence-corrected chi connectivity index (χ4v) is 3.03. The molecule has 5 unspecified atom stereocenters. The summed E-state index contributed by atoms with van der Waals surface area (Å²) < 4.78 is 0. The predicted octanol–water partition coefficient (Wildman–Crippen LogP) is -0.000600. The topological polar surface area (TPSA) is 137 Å². The van der Waals surface area contributed by atoms with Crippen LogP contribution in [0.1, 0.15) is 53.9 Å². The lowest BCUT2D eigenvalue weighted by molar-refractivity contribution is -0.144. The number of nitrogens with one attached hydrogen (secondary N) is 4. The molecule has 0 aliphatic carbocycles. The SMILES string of the molecule is CCC(C)C(NC(=O)C(NC(=O)C(C)NC(=O)C1CCCN1)C(C)C)C(=O)O. The number of carbonyl (C=O) groups excluding carboxylic acids is 3. The van der Waals surface area contributed by atoms with E-state index in [0.29, 0.717) is 6.42 Å². The first-order valence-corrected chi connectivity index (χ1v) is 9.95. The largest absolute Gasteiger partial charge is 0.480 e. The summed E-state index contributed by atoms with van der Waals surface area (Å²) in [6.45, 7) is 9.44. The predicted molar refractivity (Wildman–Crippen MR) is 104 cm³/mol. The average Bonchev–Trinajstić information content (AvgIpc) is 3.17. The third kappa shape index (κ3) is 6.78. The van der Waals surface area contributed by atoms with E-state index in [2.05, 4.69) is 21.3 Å². The van der Waals surface area contributed by atoms with Gasteiger partial charge in [-0.3, -0.25) is 14.4 Å². The molecule has 9 nitrogen and oxygen atoms in total. The van der Waals surface area contributed by atoms with E-state index in [1.54, 1.807) is 27.7 Å². The number of carbonyl (C=O) groups is 4. The minimum Gasteiger partial charge on any atom is -0.480 e. The highest BCUT2D eigenvalue weighted by molar-refractivity contribution is 5.94. The van der Waals surface area contributed by atoms with Gasteiger partial charge in [0, 0.05) is 0 Å². The Hall–Kier alpha value is -2.16. The number of carboxylic acids is 1. The van der Waals surface area contributed by atoms with Gasteiger partial charge in [-0.15, -0.1) is 0 Å². The van der Waals surface area contributed by atoms with Crippen molar-refractivity contribution in [3.05, 3.63) is 0 Å². The van der Waals surface area contributed by atoms with Gasteiger partial charge < -0.3 is 26.4 Å². The smallest absolute Gasteiger partial charge is 0.326 e. The lowest BCUT2D eigenvalue weighted by Gasteiger charge is -2.27. The number of hydrogen-bond acceptors (Lipinski definition) is 5. The molecule has 1 fully saturated rings. The lowest BCUT2D eigenvalue weighted by Crippen LogP contribution is -2.58. The van der Waals surface area contributed by atoms with E-state index >= 15 is 0 Å². The van der Waals surface area contributed by atoms with E-state index in [-0.39, 0.29) is 23.8 Å². The second kappa shape index (κ2) is 11.0. The van der Waals surface area contributed by atoms with Crippen molar-refractivity contribution in [3.8, 4) is 0 Å². The number of rotatable bonds is 10. The summed E-state index contributed by atoms with van der Waals surface area (Å²) in [5.41, 5.74) is 0. The third-order valence-electron chi connectivity index (χ3n) is 5.15. The van der Waals surface area contributed by atoms with Crippen LogP contribution in [0.25, 0.3) is 0 Å². The van der Waals surface area contributed by atoms with Crippen LogP contribution in [0.2, 0.25) is 0 Å². The van der Waals surface area contributed by atoms with E-state index < -0.39 is 35.9 Å². The summed E-state index contributed by atoms with van der Waals surface area (Å²) >= 11 is 0. The zero-order valence-corrected chi connectivity index (χ0v) is 17.4. The van der Waals surface area contributed by atoms with Crippen molar-refractivity contribution < 1.29 is 24.3 Å². The second-order valence-corrected chi connectivity index (χ2v) is 7.82. The van der Waals surface area contributed by atoms with Crippen LogP contribution in [0.15, 0.2) is 0 Å². The Balaban J connectivity index is 2.71. The highest BCUT2D eigenvalue weighted by Gasteiger charge is 2.32. The Morgan fingerprint density at radius 1 is 1.00 bits per heavy atom. The molecule has 0 bridgehead atoms. The zero-order chi connectivity index (χ0) is 21.4. The summed E-state index contributed by atoms with van der Waals surface area (Å²) in [6, 6.07) is -3.04. The van der Waals surface area contributed by atoms with Gasteiger partial charge in [0.25, 0.3) is 0 Å². The minimum atomic E-state index is -1.11. The summed E-state index contributed by atoms with van der Waals surface area (Å²) in [5.74, 6) is -2.89. The molecule has 1 aliphatic heterocycles. The van der Waals surface area contributed by atoms with Gasteiger partial charge in [-0.05, 0) is 38.1 Å². The molecule has 5 N–H and O–H groups in total. The van der Waals surface area contributed by atoms with Gasteiger partial charge in [0.15, 0.2) is 0 Å². The molecule has 28 heavy (non-hydrogen) atoms. The molecule has 9 heteroatoms. The Morgan fingerprint density at radius 3 is 2.07 bits per heavy atom. The van der Waals surface area contributed by atoms with E-state index in [4.69, 9.17) is 0 Å². The molecule has 3 amide bonds. The van der Waals surface area contributed by atoms with Crippen molar-refractivity contribution in [2.45, 2.75) is 78.0 Å². The molecule has 160 valence electrons. The maximum absolute atomic E-state index is 12.6. The molecule has 0 saturated carbocycles. The van der Waals surface area contributed by atoms with E-state index in [0.717, 1.165) is 19.4 Å². The summed E-state index contributed by atoms with van der Waals surface area (Å²) in [6.07, 6.45) is 2.23. The second-order valence-electron chi connectivity index (χ2n) is 7.82. The Labute approximate surface area is 166 Å². The van der Waals surface area contributed by atoms with E-state index in [1.165, 1.54) is 0 Å². The Morgan fingerprint density at radius 2 is 1.61 bits per heavy atom. The molecule has 0 aromatic carbocycles. The molecule has 1 aliphatic rings. The van der Waals surface area contributed by atoms with Crippen molar-refractivity contribution >= 4 is 23.7 Å². The van der Waals surface area contributed by atoms with Crippen LogP contribution in [0, 0.1) is 11.8 Å². The van der Waals surface area contributed by atoms with Crippen LogP contribution in [0.3, 0.4) is 0 Å². The van der Waals surface area contributed by atoms with Gasteiger partial charge in [0.05, 0.1) is 6.04 Å². The first kappa shape index (κ1) is 23.9. The first-order chi connectivity index (χ1) is 13.1. The van der Waals surface area contributed by atoms with Crippen LogP contribution >= 0.6 is 0 Å². The quantitative estimate of drug-likeness (QED) is 0.351. The van der Waals surface area contributed by atoms with Gasteiger partial charge >= 0.3 is 5.97 Å². The van der Waals surface area contributed by atoms with Crippen LogP contribution in [0.4, 0.5) is 0 Å². The molecule has 1 saturated heterocycles. The molecule has 0 spiro atoms. The number of aliphatic carboxylic acids is 1. The van der Waals surface area contributed by atoms with Crippen LogP contribution < -0.4 is 21.3 Å². The van der Waals surface area contributed by atoms with Crippen molar-refractivity contribution in [1.82, 2.24) is 21.3 Å². The van der Waals surface area contributed by atoms with Crippen LogP contribution in [0.5, 0.6) is 0 Å². The molecule has 0 aromatic heterocycles. The maximum Gasteiger partial charge on any atom is 0.326 e. The van der Waals surface area contributed by atoms with Crippen LogP contribution in [-0.4, -0.2) is 59.5 Å². The standard InChI is InChI=1S/C19H34N4O5/c1-6-11(4)15(19(27)28)23-18(26)14(10(2)3)22-16(24)12(5)21-17(25)13-8-7-9-20-13/h10-15,20H,6-9H2,1-5H3,(H,21,25)(H,22,24)(H,23,26)(H,27,28). The minimum absolute atomic E-state index is 0.242. The number of hydrogen-bond donors (Lipinski definition) is 5. The lowest BCUT2D eigenvalue weighted by atomic mass is 9.97. The van der Waals surface area contributed by atoms with Crippen molar-refractivity contribution in [2.75, 3.05) is 6.54 Å². The third-order valence-corrected chi connectivity index (χ3v) is 5.15. The summed E-state index contributed by atoms with van der Waals surface area (Å²) in [4.78, 5) is 48.7. The monoisotopic (exact) mass is 398 g/mol. The molecule has 0 aromatic rings. The van der Waals surface area contributed by atoms with E-state index in [9.17, 15) is 24.3 Å². The fourth-order valence-electron chi connectivity index (χ4n) is 3.03. The summed E-state index contributed by atoms with van der Waals surface area (Å²) in [7, 11) is 0. The Kier molecular flexibility index (Phi) is 9.37. The van der Waals surface area contributed by atoms with Gasteiger partial charge in [0.2, 0.25) is 17.7 Å². The van der Waals surface area contributed by atoms with Crippen LogP contribution in [-0.2, 0) is 19.2 Å². The van der Waals surface area contributed by atoms with Gasteiger partial charge in [0.1, 0.15) is 18.1 Å². The molecule has 1 rings (SSSR count). The van der Waals surface area contributed by atoms with Crippen molar-refractivity contribution in [3.63, 3.8) is 0 Å². The molecule has 5 atom stereocenters. The zero-order valence-electron chi connectivity index (χ0n) is 17.4. The van der Waals surface area contributed by atoms with Gasteiger partial charge in [-0.25, -0.2) is 4.79 Å². The number of carboxylic acid groups (broad SMARTS) is 1. The molecular formula is C19H34N4O5. The normalized spacial score (nSPS) is 20.7. The van der Waals surface area contributed by atoms with Crippen molar-refractivity contribution in [1.29, 1.82) is 0 Å². The van der Waals surface area contributed by atoms with E-state index in [1.807, 2.05) is 6.92 Å². The number of amides is 3.